The minimum atomic E-state index is 0.527. The molecule has 0 saturated carbocycles. The second kappa shape index (κ2) is 17.3. The van der Waals surface area contributed by atoms with Gasteiger partial charge in [0.15, 0.2) is 0 Å². The molecule has 0 unspecified atom stereocenters. The Morgan fingerprint density at radius 1 is 0.400 bits per heavy atom. The molecule has 0 N–H and O–H groups in total. The van der Waals surface area contributed by atoms with E-state index in [4.69, 9.17) is 6.57 Å². The normalized spacial score (nSPS) is 11.2. The van der Waals surface area contributed by atoms with Crippen molar-refractivity contribution in [1.82, 2.24) is 0 Å². The smallest absolute Gasteiger partial charge is 0.202 e. The van der Waals surface area contributed by atoms with Crippen LogP contribution in [0.2, 0.25) is 0 Å². The summed E-state index contributed by atoms with van der Waals surface area (Å²) in [5, 5.41) is 11.9. The Balaban J connectivity index is 1.03. The Morgan fingerprint density at radius 3 is 1.07 bits per heavy atom. The zero-order valence-corrected chi connectivity index (χ0v) is 34.3. The SMILES string of the molecule is [C-]#[N+]c1c(C=Cc2ccc(N(c3ccc(C)cc3)c3ccc(C)cc3)cc2)ccc2c(C#N)c(C=Cc3ccc(N(c4ccc(C)cc4)c4ccc(C)cc4)cc3)ccc12. The Bertz CT molecular complexity index is 2630. The van der Waals surface area contributed by atoms with Crippen LogP contribution in [0.3, 0.4) is 0 Å². The quantitative estimate of drug-likeness (QED) is 0.103. The van der Waals surface area contributed by atoms with Gasteiger partial charge in [-0.15, -0.1) is 0 Å². The maximum atomic E-state index is 10.4. The van der Waals surface area contributed by atoms with Gasteiger partial charge in [0.2, 0.25) is 5.69 Å². The second-order valence-corrected chi connectivity index (χ2v) is 15.2. The van der Waals surface area contributed by atoms with Crippen LogP contribution >= 0.6 is 0 Å². The number of aryl methyl sites for hydroxylation is 4. The van der Waals surface area contributed by atoms with Crippen molar-refractivity contribution in [2.45, 2.75) is 27.7 Å². The number of fused-ring (bicyclic) bond motifs is 1. The van der Waals surface area contributed by atoms with E-state index >= 15 is 0 Å². The highest BCUT2D eigenvalue weighted by Crippen LogP contribution is 2.38. The van der Waals surface area contributed by atoms with Gasteiger partial charge in [0.1, 0.15) is 6.07 Å². The van der Waals surface area contributed by atoms with Crippen LogP contribution in [0.4, 0.5) is 39.8 Å². The molecular formula is C56H44N4. The molecule has 0 atom stereocenters. The highest BCUT2D eigenvalue weighted by molar-refractivity contribution is 6.03. The number of rotatable bonds is 10. The lowest BCUT2D eigenvalue weighted by molar-refractivity contribution is 1.27. The Kier molecular flexibility index (Phi) is 11.2. The van der Waals surface area contributed by atoms with Gasteiger partial charge >= 0.3 is 0 Å². The molecular weight excluding hydrogens is 729 g/mol. The number of nitrogens with zero attached hydrogens (tertiary/aromatic N) is 4. The predicted molar refractivity (Wildman–Crippen MR) is 254 cm³/mol. The van der Waals surface area contributed by atoms with E-state index in [1.807, 2.05) is 48.6 Å². The lowest BCUT2D eigenvalue weighted by Crippen LogP contribution is -2.09. The van der Waals surface area contributed by atoms with Crippen LogP contribution in [-0.2, 0) is 0 Å². The van der Waals surface area contributed by atoms with Gasteiger partial charge in [0.05, 0.1) is 12.1 Å². The Morgan fingerprint density at radius 2 is 0.717 bits per heavy atom. The van der Waals surface area contributed by atoms with Crippen molar-refractivity contribution >= 4 is 74.9 Å². The number of hydrogen-bond donors (Lipinski definition) is 0. The zero-order chi connectivity index (χ0) is 41.6. The summed E-state index contributed by atoms with van der Waals surface area (Å²) in [7, 11) is 0. The molecule has 288 valence electrons. The van der Waals surface area contributed by atoms with Crippen molar-refractivity contribution in [2.75, 3.05) is 9.80 Å². The molecule has 0 aliphatic heterocycles. The van der Waals surface area contributed by atoms with Gasteiger partial charge in [0, 0.05) is 34.1 Å². The molecule has 0 aromatic heterocycles. The van der Waals surface area contributed by atoms with E-state index in [-0.39, 0.29) is 0 Å². The van der Waals surface area contributed by atoms with Crippen molar-refractivity contribution in [3.05, 3.63) is 231 Å². The van der Waals surface area contributed by atoms with Gasteiger partial charge in [-0.3, -0.25) is 0 Å². The minimum Gasteiger partial charge on any atom is -0.311 e. The lowest BCUT2D eigenvalue weighted by atomic mass is 9.95. The summed E-state index contributed by atoms with van der Waals surface area (Å²) in [5.74, 6) is 0. The Hall–Kier alpha value is -7.92. The molecule has 0 spiro atoms. The molecule has 8 rings (SSSR count). The van der Waals surface area contributed by atoms with Crippen LogP contribution in [-0.4, -0.2) is 0 Å². The highest BCUT2D eigenvalue weighted by atomic mass is 15.1. The molecule has 0 saturated heterocycles. The van der Waals surface area contributed by atoms with E-state index in [1.165, 1.54) is 22.3 Å². The van der Waals surface area contributed by atoms with Crippen LogP contribution in [0.5, 0.6) is 0 Å². The van der Waals surface area contributed by atoms with E-state index in [0.29, 0.717) is 11.3 Å². The third-order valence-corrected chi connectivity index (χ3v) is 10.8. The molecule has 8 aromatic rings. The number of hydrogen-bond acceptors (Lipinski definition) is 3. The molecule has 0 amide bonds. The van der Waals surface area contributed by atoms with Crippen LogP contribution < -0.4 is 9.80 Å². The summed E-state index contributed by atoms with van der Waals surface area (Å²) in [6, 6.07) is 61.4. The molecule has 0 heterocycles. The maximum absolute atomic E-state index is 10.4. The molecule has 4 nitrogen and oxygen atoms in total. The average molecular weight is 773 g/mol. The topological polar surface area (TPSA) is 34.6 Å². The van der Waals surface area contributed by atoms with Crippen LogP contribution in [0.15, 0.2) is 170 Å². The molecule has 0 aliphatic carbocycles. The van der Waals surface area contributed by atoms with Crippen molar-refractivity contribution < 1.29 is 0 Å². The van der Waals surface area contributed by atoms with Crippen molar-refractivity contribution in [2.24, 2.45) is 0 Å². The first-order valence-electron chi connectivity index (χ1n) is 20.1. The summed E-state index contributed by atoms with van der Waals surface area (Å²) in [5.41, 5.74) is 16.1. The first-order valence-corrected chi connectivity index (χ1v) is 20.1. The lowest BCUT2D eigenvalue weighted by Gasteiger charge is -2.26. The Labute approximate surface area is 353 Å². The third-order valence-electron chi connectivity index (χ3n) is 10.8. The van der Waals surface area contributed by atoms with E-state index in [9.17, 15) is 5.26 Å². The monoisotopic (exact) mass is 772 g/mol. The molecule has 0 fully saturated rings. The fourth-order valence-electron chi connectivity index (χ4n) is 7.46. The summed E-state index contributed by atoms with van der Waals surface area (Å²) in [6.45, 7) is 16.5. The van der Waals surface area contributed by atoms with Gasteiger partial charge in [0.25, 0.3) is 0 Å². The molecule has 0 radical (unpaired) electrons. The summed E-state index contributed by atoms with van der Waals surface area (Å²) < 4.78 is 0. The standard InChI is InChI=1S/C56H44N4/c1-39-6-24-47(25-7-39)59(48-26-8-40(2)9-27-48)51-32-16-43(17-33-51)14-20-45-22-37-54-53(55(45)38-57)36-23-46(56(54)58-5)21-15-44-18-34-52(35-19-44)60(49-28-10-41(3)11-29-49)50-30-12-42(4)13-31-50/h6-37H,1-4H3. The van der Waals surface area contributed by atoms with E-state index in [0.717, 1.165) is 67.2 Å². The fraction of sp³-hybridized carbons (Fsp3) is 0.0714. The summed E-state index contributed by atoms with van der Waals surface area (Å²) >= 11 is 0. The van der Waals surface area contributed by atoms with Gasteiger partial charge in [-0.2, -0.15) is 5.26 Å². The fourth-order valence-corrected chi connectivity index (χ4v) is 7.46. The highest BCUT2D eigenvalue weighted by Gasteiger charge is 2.15. The molecule has 0 bridgehead atoms. The van der Waals surface area contributed by atoms with Crippen LogP contribution in [0.25, 0.3) is 39.9 Å². The zero-order valence-electron chi connectivity index (χ0n) is 34.3. The third kappa shape index (κ3) is 8.37. The molecule has 60 heavy (non-hydrogen) atoms. The molecule has 8 aromatic carbocycles. The largest absolute Gasteiger partial charge is 0.311 e. The predicted octanol–water partition coefficient (Wildman–Crippen LogP) is 15.8. The van der Waals surface area contributed by atoms with Gasteiger partial charge in [-0.25, -0.2) is 4.85 Å². The van der Waals surface area contributed by atoms with Crippen molar-refractivity contribution in [1.29, 1.82) is 5.26 Å². The van der Waals surface area contributed by atoms with Crippen LogP contribution in [0, 0.1) is 45.6 Å². The van der Waals surface area contributed by atoms with Crippen molar-refractivity contribution in [3.8, 4) is 6.07 Å². The first-order chi connectivity index (χ1) is 29.3. The van der Waals surface area contributed by atoms with E-state index in [1.54, 1.807) is 0 Å². The number of anilines is 6. The van der Waals surface area contributed by atoms with E-state index in [2.05, 4.69) is 194 Å². The second-order valence-electron chi connectivity index (χ2n) is 15.2. The summed E-state index contributed by atoms with van der Waals surface area (Å²) in [6.07, 6.45) is 8.04. The molecule has 4 heteroatoms. The van der Waals surface area contributed by atoms with Gasteiger partial charge in [-0.05, 0) is 134 Å². The number of benzene rings is 8. The molecule has 0 aliphatic rings. The van der Waals surface area contributed by atoms with Crippen LogP contribution in [0.1, 0.15) is 50.1 Å². The maximum Gasteiger partial charge on any atom is 0.202 e. The first kappa shape index (κ1) is 38.9. The van der Waals surface area contributed by atoms with Gasteiger partial charge in [-0.1, -0.05) is 144 Å². The number of nitriles is 1. The summed E-state index contributed by atoms with van der Waals surface area (Å²) in [4.78, 5) is 8.47. The average Bonchev–Trinajstić information content (AvgIpc) is 3.28. The van der Waals surface area contributed by atoms with Gasteiger partial charge < -0.3 is 9.80 Å². The van der Waals surface area contributed by atoms with E-state index < -0.39 is 0 Å². The minimum absolute atomic E-state index is 0.527. The van der Waals surface area contributed by atoms with Crippen molar-refractivity contribution in [3.63, 3.8) is 0 Å².